The molecule has 4 rings (SSSR count). The highest BCUT2D eigenvalue weighted by molar-refractivity contribution is 7.13. The average molecular weight is 394 g/mol. The van der Waals surface area contributed by atoms with Gasteiger partial charge in [-0.15, -0.1) is 11.3 Å². The van der Waals surface area contributed by atoms with Crippen LogP contribution in [0.5, 0.6) is 0 Å². The van der Waals surface area contributed by atoms with Crippen molar-refractivity contribution in [1.82, 2.24) is 24.8 Å². The molecule has 1 saturated heterocycles. The first kappa shape index (κ1) is 18.7. The van der Waals surface area contributed by atoms with Gasteiger partial charge in [0.05, 0.1) is 22.4 Å². The van der Waals surface area contributed by atoms with Gasteiger partial charge >= 0.3 is 0 Å². The van der Waals surface area contributed by atoms with Crippen molar-refractivity contribution in [2.45, 2.75) is 46.6 Å². The Hall–Kier alpha value is -2.67. The minimum absolute atomic E-state index is 0.0549. The van der Waals surface area contributed by atoms with Crippen LogP contribution in [0.3, 0.4) is 0 Å². The number of rotatable bonds is 3. The molecule has 0 aromatic carbocycles. The first-order valence-electron chi connectivity index (χ1n) is 9.45. The van der Waals surface area contributed by atoms with E-state index in [0.717, 1.165) is 63.2 Å². The molecule has 1 fully saturated rings. The maximum absolute atomic E-state index is 13.3. The van der Waals surface area contributed by atoms with Crippen LogP contribution in [-0.2, 0) is 0 Å². The number of hydrogen-bond donors (Lipinski definition) is 0. The first-order chi connectivity index (χ1) is 13.5. The van der Waals surface area contributed by atoms with Gasteiger partial charge in [-0.1, -0.05) is 0 Å². The monoisotopic (exact) mass is 393 g/mol. The zero-order valence-electron chi connectivity index (χ0n) is 16.6. The third-order valence-corrected chi connectivity index (χ3v) is 6.24. The second-order valence-corrected chi connectivity index (χ2v) is 8.41. The Morgan fingerprint density at radius 2 is 1.96 bits per heavy atom. The predicted molar refractivity (Wildman–Crippen MR) is 109 cm³/mol. The second kappa shape index (κ2) is 7.39. The number of carbonyl (C=O) groups is 1. The van der Waals surface area contributed by atoms with Crippen LogP contribution in [0.4, 0.5) is 0 Å². The number of aromatic nitrogens is 4. The van der Waals surface area contributed by atoms with E-state index in [2.05, 4.69) is 15.0 Å². The van der Waals surface area contributed by atoms with E-state index in [-0.39, 0.29) is 11.9 Å². The number of aryl methyl sites for hydroxylation is 4. The Morgan fingerprint density at radius 3 is 2.68 bits per heavy atom. The summed E-state index contributed by atoms with van der Waals surface area (Å²) < 4.78 is 0. The van der Waals surface area contributed by atoms with Crippen molar-refractivity contribution in [2.24, 2.45) is 0 Å². The molecule has 0 radical (unpaired) electrons. The number of carbonyl (C=O) groups excluding carboxylic acids is 1. The van der Waals surface area contributed by atoms with Crippen molar-refractivity contribution in [3.8, 4) is 11.1 Å². The summed E-state index contributed by atoms with van der Waals surface area (Å²) in [6, 6.07) is 1.93. The molecular weight excluding hydrogens is 370 g/mol. The molecule has 0 N–H and O–H groups in total. The largest absolute Gasteiger partial charge is 0.329 e. The Kier molecular flexibility index (Phi) is 4.93. The topological polar surface area (TPSA) is 71.9 Å². The number of pyridine rings is 1. The Bertz CT molecular complexity index is 1050. The van der Waals surface area contributed by atoms with Crippen molar-refractivity contribution in [3.05, 3.63) is 57.3 Å². The van der Waals surface area contributed by atoms with Gasteiger partial charge in [-0.05, 0) is 57.7 Å². The molecule has 1 aliphatic heterocycles. The third-order valence-electron chi connectivity index (χ3n) is 5.18. The quantitative estimate of drug-likeness (QED) is 0.667. The summed E-state index contributed by atoms with van der Waals surface area (Å²) in [6.07, 6.45) is 7.37. The highest BCUT2D eigenvalue weighted by Crippen LogP contribution is 2.38. The number of hydrogen-bond acceptors (Lipinski definition) is 6. The van der Waals surface area contributed by atoms with E-state index in [9.17, 15) is 4.79 Å². The molecule has 144 valence electrons. The minimum Gasteiger partial charge on any atom is -0.329 e. The molecule has 6 nitrogen and oxygen atoms in total. The van der Waals surface area contributed by atoms with E-state index < -0.39 is 0 Å². The van der Waals surface area contributed by atoms with Gasteiger partial charge in [0, 0.05) is 30.7 Å². The summed E-state index contributed by atoms with van der Waals surface area (Å²) >= 11 is 1.47. The van der Waals surface area contributed by atoms with Crippen LogP contribution >= 0.6 is 11.3 Å². The summed E-state index contributed by atoms with van der Waals surface area (Å²) in [5, 5.41) is 0.919. The van der Waals surface area contributed by atoms with E-state index in [1.165, 1.54) is 11.3 Å². The molecule has 0 spiro atoms. The maximum Gasteiger partial charge on any atom is 0.266 e. The van der Waals surface area contributed by atoms with Gasteiger partial charge in [-0.25, -0.2) is 15.0 Å². The lowest BCUT2D eigenvalue weighted by Crippen LogP contribution is -2.31. The third kappa shape index (κ3) is 3.30. The normalized spacial score (nSPS) is 16.6. The van der Waals surface area contributed by atoms with Crippen molar-refractivity contribution in [1.29, 1.82) is 0 Å². The van der Waals surface area contributed by atoms with Crippen LogP contribution < -0.4 is 0 Å². The van der Waals surface area contributed by atoms with Gasteiger partial charge in [-0.3, -0.25) is 9.78 Å². The van der Waals surface area contributed by atoms with Crippen LogP contribution in [-0.4, -0.2) is 37.3 Å². The molecule has 0 aliphatic carbocycles. The van der Waals surface area contributed by atoms with Gasteiger partial charge in [0.2, 0.25) is 0 Å². The van der Waals surface area contributed by atoms with Crippen LogP contribution in [0.1, 0.15) is 56.3 Å². The van der Waals surface area contributed by atoms with Gasteiger partial charge in [0.1, 0.15) is 10.7 Å². The fourth-order valence-corrected chi connectivity index (χ4v) is 4.75. The molecule has 3 aromatic heterocycles. The molecular formula is C21H23N5OS. The van der Waals surface area contributed by atoms with Gasteiger partial charge in [-0.2, -0.15) is 0 Å². The van der Waals surface area contributed by atoms with Crippen molar-refractivity contribution < 1.29 is 4.79 Å². The average Bonchev–Trinajstić information content (AvgIpc) is 3.28. The smallest absolute Gasteiger partial charge is 0.266 e. The Balaban J connectivity index is 1.78. The molecule has 0 unspecified atom stereocenters. The molecule has 1 aliphatic rings. The zero-order valence-corrected chi connectivity index (χ0v) is 17.4. The van der Waals surface area contributed by atoms with Crippen LogP contribution in [0.25, 0.3) is 11.1 Å². The molecule has 0 bridgehead atoms. The number of amides is 1. The zero-order chi connectivity index (χ0) is 19.8. The lowest BCUT2D eigenvalue weighted by atomic mass is 9.97. The highest BCUT2D eigenvalue weighted by Gasteiger charge is 2.35. The molecule has 0 saturated carbocycles. The molecule has 28 heavy (non-hydrogen) atoms. The molecule has 7 heteroatoms. The lowest BCUT2D eigenvalue weighted by Gasteiger charge is -2.26. The summed E-state index contributed by atoms with van der Waals surface area (Å²) in [4.78, 5) is 33.9. The van der Waals surface area contributed by atoms with Gasteiger partial charge < -0.3 is 4.90 Å². The number of nitrogens with zero attached hydrogens (tertiary/aromatic N) is 5. The highest BCUT2D eigenvalue weighted by atomic mass is 32.1. The number of likely N-dealkylation sites (tertiary alicyclic amines) is 1. The van der Waals surface area contributed by atoms with E-state index in [4.69, 9.17) is 4.98 Å². The fraction of sp³-hybridized carbons (Fsp3) is 0.381. The molecule has 1 amide bonds. The molecule has 4 heterocycles. The Morgan fingerprint density at radius 1 is 1.14 bits per heavy atom. The Labute approximate surface area is 168 Å². The van der Waals surface area contributed by atoms with E-state index >= 15 is 0 Å². The van der Waals surface area contributed by atoms with Crippen LogP contribution in [0, 0.1) is 27.7 Å². The number of thiazole rings is 1. The standard InChI is InChI=1S/C21H23N5OS/c1-12-10-22-8-7-16(12)17-11-23-14(3)25-19(17)18-6-5-9-26(18)21(27)20-13(2)24-15(4)28-20/h7-8,10-11,18H,5-6,9H2,1-4H3/t18-/m0/s1. The van der Waals surface area contributed by atoms with Crippen molar-refractivity contribution in [3.63, 3.8) is 0 Å². The lowest BCUT2D eigenvalue weighted by molar-refractivity contribution is 0.0737. The maximum atomic E-state index is 13.3. The summed E-state index contributed by atoms with van der Waals surface area (Å²) in [6.45, 7) is 8.51. The van der Waals surface area contributed by atoms with Crippen LogP contribution in [0.15, 0.2) is 24.7 Å². The second-order valence-electron chi connectivity index (χ2n) is 7.21. The summed E-state index contributed by atoms with van der Waals surface area (Å²) in [7, 11) is 0. The van der Waals surface area contributed by atoms with E-state index in [1.54, 1.807) is 6.20 Å². The molecule has 3 aromatic rings. The fourth-order valence-electron chi connectivity index (χ4n) is 3.88. The SMILES string of the molecule is Cc1ncc(-c2ccncc2C)c([C@@H]2CCCN2C(=O)c2sc(C)nc2C)n1. The minimum atomic E-state index is -0.0569. The van der Waals surface area contributed by atoms with Crippen molar-refractivity contribution in [2.75, 3.05) is 6.54 Å². The summed E-state index contributed by atoms with van der Waals surface area (Å²) in [5.41, 5.74) is 4.84. The predicted octanol–water partition coefficient (Wildman–Crippen LogP) is 4.21. The van der Waals surface area contributed by atoms with Crippen LogP contribution in [0.2, 0.25) is 0 Å². The summed E-state index contributed by atoms with van der Waals surface area (Å²) in [5.74, 6) is 0.772. The van der Waals surface area contributed by atoms with E-state index in [0.29, 0.717) is 0 Å². The van der Waals surface area contributed by atoms with Gasteiger partial charge in [0.15, 0.2) is 0 Å². The van der Waals surface area contributed by atoms with E-state index in [1.807, 2.05) is 51.1 Å². The molecule has 1 atom stereocenters. The first-order valence-corrected chi connectivity index (χ1v) is 10.3. The van der Waals surface area contributed by atoms with Crippen molar-refractivity contribution >= 4 is 17.2 Å². The van der Waals surface area contributed by atoms with Gasteiger partial charge in [0.25, 0.3) is 5.91 Å².